The molecule has 0 aliphatic rings. The number of pyridine rings is 1. The third-order valence-corrected chi connectivity index (χ3v) is 6.25. The van der Waals surface area contributed by atoms with E-state index < -0.39 is 60.7 Å². The molecule has 1 aromatic heterocycles. The van der Waals surface area contributed by atoms with E-state index in [1.807, 2.05) is 6.07 Å². The number of carbonyl (C=O) groups excluding carboxylic acids is 4. The first kappa shape index (κ1) is 34.5. The summed E-state index contributed by atoms with van der Waals surface area (Å²) in [7, 11) is 0. The Morgan fingerprint density at radius 3 is 2.02 bits per heavy atom. The summed E-state index contributed by atoms with van der Waals surface area (Å²) in [5.74, 6) is -4.83. The zero-order valence-electron chi connectivity index (χ0n) is 23.5. The van der Waals surface area contributed by atoms with Crippen LogP contribution in [0.5, 0.6) is 0 Å². The molecule has 0 spiro atoms. The molecule has 15 heteroatoms. The Kier molecular flexibility index (Phi) is 12.0. The van der Waals surface area contributed by atoms with Crippen molar-refractivity contribution in [2.45, 2.75) is 44.1 Å². The van der Waals surface area contributed by atoms with Gasteiger partial charge in [0.2, 0.25) is 11.8 Å². The van der Waals surface area contributed by atoms with Crippen molar-refractivity contribution in [3.05, 3.63) is 84.1 Å². The number of unbranched alkanes of at least 4 members (excludes halogenated alkanes) is 1. The molecule has 1 unspecified atom stereocenters. The number of carbonyl (C=O) groups is 4. The molecule has 240 valence electrons. The molecular weight excluding hydrogens is 610 g/mol. The number of aromatic nitrogens is 1. The number of esters is 2. The fourth-order valence-electron chi connectivity index (χ4n) is 3.99. The number of halogens is 6. The van der Waals surface area contributed by atoms with Gasteiger partial charge in [0.1, 0.15) is 5.82 Å². The number of amides is 2. The van der Waals surface area contributed by atoms with Gasteiger partial charge in [0.05, 0.1) is 24.6 Å². The molecule has 2 amide bonds. The SMILES string of the molecule is O=C(CCCCNc1ccccn1)NCC(=O)NC(CC(=O)OC(=O)C(F)(F)F)c1ccc(-c2ccc(C(F)(F)F)cc2)cc1. The lowest BCUT2D eigenvalue weighted by Gasteiger charge is -2.19. The Balaban J connectivity index is 1.59. The monoisotopic (exact) mass is 638 g/mol. The zero-order chi connectivity index (χ0) is 33.0. The number of rotatable bonds is 13. The van der Waals surface area contributed by atoms with Crippen LogP contribution in [-0.4, -0.2) is 48.0 Å². The largest absolute Gasteiger partial charge is 0.491 e. The topological polar surface area (TPSA) is 126 Å². The minimum absolute atomic E-state index is 0.109. The van der Waals surface area contributed by atoms with Crippen LogP contribution in [-0.2, 0) is 30.1 Å². The van der Waals surface area contributed by atoms with E-state index >= 15 is 0 Å². The van der Waals surface area contributed by atoms with E-state index in [2.05, 4.69) is 25.7 Å². The van der Waals surface area contributed by atoms with Gasteiger partial charge in [-0.2, -0.15) is 26.3 Å². The Morgan fingerprint density at radius 2 is 1.44 bits per heavy atom. The number of ether oxygens (including phenoxy) is 1. The zero-order valence-corrected chi connectivity index (χ0v) is 23.5. The molecule has 1 atom stereocenters. The van der Waals surface area contributed by atoms with E-state index in [4.69, 9.17) is 0 Å². The average molecular weight is 639 g/mol. The molecule has 0 radical (unpaired) electrons. The van der Waals surface area contributed by atoms with Gasteiger partial charge in [-0.05, 0) is 53.8 Å². The molecule has 0 aliphatic carbocycles. The summed E-state index contributed by atoms with van der Waals surface area (Å²) < 4.78 is 80.1. The number of alkyl halides is 6. The van der Waals surface area contributed by atoms with Gasteiger partial charge in [-0.25, -0.2) is 9.78 Å². The number of nitrogens with zero attached hydrogens (tertiary/aromatic N) is 1. The standard InChI is InChI=1S/C30H28F6N4O5/c31-29(32,33)22-13-11-20(12-14-22)19-7-9-21(10-8-19)23(17-27(43)45-28(44)30(34,35)36)40-26(42)18-39-25(41)6-2-4-16-38-24-5-1-3-15-37-24/h1,3,5,7-15,23H,2,4,6,16-18H2,(H,37,38)(H,39,41)(H,40,42). The second-order valence-electron chi connectivity index (χ2n) is 9.66. The fraction of sp³-hybridized carbons (Fsp3) is 0.300. The van der Waals surface area contributed by atoms with Crippen LogP contribution in [0, 0.1) is 0 Å². The lowest BCUT2D eigenvalue weighted by atomic mass is 9.98. The lowest BCUT2D eigenvalue weighted by molar-refractivity contribution is -0.202. The summed E-state index contributed by atoms with van der Waals surface area (Å²) >= 11 is 0. The predicted molar refractivity (Wildman–Crippen MR) is 149 cm³/mol. The maximum atomic E-state index is 12.9. The van der Waals surface area contributed by atoms with E-state index in [0.29, 0.717) is 36.3 Å². The van der Waals surface area contributed by atoms with Gasteiger partial charge in [-0.15, -0.1) is 0 Å². The molecule has 3 N–H and O–H groups in total. The van der Waals surface area contributed by atoms with Crippen molar-refractivity contribution in [3.63, 3.8) is 0 Å². The van der Waals surface area contributed by atoms with Crippen molar-refractivity contribution >= 4 is 29.6 Å². The van der Waals surface area contributed by atoms with Crippen molar-refractivity contribution in [2.75, 3.05) is 18.4 Å². The van der Waals surface area contributed by atoms with Crippen molar-refractivity contribution in [1.82, 2.24) is 15.6 Å². The summed E-state index contributed by atoms with van der Waals surface area (Å²) in [5.41, 5.74) is 0.250. The number of benzene rings is 2. The summed E-state index contributed by atoms with van der Waals surface area (Å²) in [6.45, 7) is 0.0543. The Morgan fingerprint density at radius 1 is 0.800 bits per heavy atom. The molecule has 0 saturated carbocycles. The van der Waals surface area contributed by atoms with Gasteiger partial charge in [-0.1, -0.05) is 42.5 Å². The summed E-state index contributed by atoms with van der Waals surface area (Å²) in [4.78, 5) is 52.1. The van der Waals surface area contributed by atoms with Gasteiger partial charge < -0.3 is 20.7 Å². The first-order chi connectivity index (χ1) is 21.2. The molecule has 2 aromatic carbocycles. The summed E-state index contributed by atoms with van der Waals surface area (Å²) in [6.07, 6.45) is -7.93. The molecular formula is C30H28F6N4O5. The van der Waals surface area contributed by atoms with Crippen molar-refractivity contribution < 1.29 is 50.3 Å². The highest BCUT2D eigenvalue weighted by atomic mass is 19.4. The number of hydrogen-bond acceptors (Lipinski definition) is 7. The Hall–Kier alpha value is -4.95. The molecule has 0 saturated heterocycles. The van der Waals surface area contributed by atoms with E-state index in [1.165, 1.54) is 36.4 Å². The second-order valence-corrected chi connectivity index (χ2v) is 9.66. The molecule has 0 fully saturated rings. The van der Waals surface area contributed by atoms with Crippen LogP contribution >= 0.6 is 0 Å². The quantitative estimate of drug-likeness (QED) is 0.0998. The first-order valence-electron chi connectivity index (χ1n) is 13.5. The lowest BCUT2D eigenvalue weighted by Crippen LogP contribution is -2.39. The van der Waals surface area contributed by atoms with Crippen LogP contribution < -0.4 is 16.0 Å². The van der Waals surface area contributed by atoms with Crippen molar-refractivity contribution in [1.29, 1.82) is 0 Å². The van der Waals surface area contributed by atoms with Gasteiger partial charge in [0.15, 0.2) is 0 Å². The van der Waals surface area contributed by atoms with Crippen LogP contribution in [0.25, 0.3) is 11.1 Å². The highest BCUT2D eigenvalue weighted by Crippen LogP contribution is 2.31. The number of nitrogens with one attached hydrogen (secondary N) is 3. The van der Waals surface area contributed by atoms with Crippen LogP contribution in [0.4, 0.5) is 32.2 Å². The minimum atomic E-state index is -5.42. The van der Waals surface area contributed by atoms with Crippen LogP contribution in [0.1, 0.15) is 42.9 Å². The van der Waals surface area contributed by atoms with Gasteiger partial charge >= 0.3 is 24.3 Å². The molecule has 0 aliphatic heterocycles. The second kappa shape index (κ2) is 15.7. The Bertz CT molecular complexity index is 1450. The first-order valence-corrected chi connectivity index (χ1v) is 13.5. The van der Waals surface area contributed by atoms with E-state index in [0.717, 1.165) is 12.1 Å². The fourth-order valence-corrected chi connectivity index (χ4v) is 3.99. The van der Waals surface area contributed by atoms with Crippen molar-refractivity contribution in [3.8, 4) is 11.1 Å². The third-order valence-electron chi connectivity index (χ3n) is 6.25. The molecule has 3 aromatic rings. The van der Waals surface area contributed by atoms with Crippen LogP contribution in [0.2, 0.25) is 0 Å². The Labute approximate surface area is 253 Å². The van der Waals surface area contributed by atoms with Crippen molar-refractivity contribution in [2.24, 2.45) is 0 Å². The van der Waals surface area contributed by atoms with Crippen LogP contribution in [0.15, 0.2) is 72.9 Å². The molecule has 0 bridgehead atoms. The van der Waals surface area contributed by atoms with Gasteiger partial charge in [0.25, 0.3) is 0 Å². The highest BCUT2D eigenvalue weighted by molar-refractivity contribution is 5.89. The maximum Gasteiger partial charge on any atom is 0.491 e. The summed E-state index contributed by atoms with van der Waals surface area (Å²) in [5, 5.41) is 7.93. The van der Waals surface area contributed by atoms with Gasteiger partial charge in [-0.3, -0.25) is 14.4 Å². The normalized spacial score (nSPS) is 12.1. The molecule has 45 heavy (non-hydrogen) atoms. The smallest absolute Gasteiger partial charge is 0.386 e. The number of hydrogen-bond donors (Lipinski definition) is 3. The van der Waals surface area contributed by atoms with E-state index in [9.17, 15) is 45.5 Å². The predicted octanol–water partition coefficient (Wildman–Crippen LogP) is 5.35. The molecule has 9 nitrogen and oxygen atoms in total. The third kappa shape index (κ3) is 11.6. The van der Waals surface area contributed by atoms with Gasteiger partial charge in [0, 0.05) is 19.2 Å². The average Bonchev–Trinajstić information content (AvgIpc) is 2.99. The number of anilines is 1. The highest BCUT2D eigenvalue weighted by Gasteiger charge is 2.42. The summed E-state index contributed by atoms with van der Waals surface area (Å²) in [6, 6.07) is 14.1. The van der Waals surface area contributed by atoms with E-state index in [1.54, 1.807) is 18.3 Å². The molecule has 1 heterocycles. The minimum Gasteiger partial charge on any atom is -0.386 e. The van der Waals surface area contributed by atoms with Crippen LogP contribution in [0.3, 0.4) is 0 Å². The maximum absolute atomic E-state index is 12.9. The molecule has 3 rings (SSSR count). The van der Waals surface area contributed by atoms with E-state index in [-0.39, 0.29) is 12.0 Å².